The zero-order valence-corrected chi connectivity index (χ0v) is 59.6. The summed E-state index contributed by atoms with van der Waals surface area (Å²) >= 11 is 0. The fourth-order valence-corrected chi connectivity index (χ4v) is 11.2. The highest BCUT2D eigenvalue weighted by Crippen LogP contribution is 2.42. The molecule has 0 bridgehead atoms. The van der Waals surface area contributed by atoms with E-state index in [2.05, 4.69) is 47.1 Å². The molecule has 7 unspecified atom stereocenters. The first-order valence-electron chi connectivity index (χ1n) is 32.9. The van der Waals surface area contributed by atoms with Crippen molar-refractivity contribution in [2.24, 2.45) is 35.5 Å². The molecule has 3 aliphatic rings. The van der Waals surface area contributed by atoms with E-state index in [0.29, 0.717) is 0 Å². The molecule has 35 nitrogen and oxygen atoms in total. The van der Waals surface area contributed by atoms with Gasteiger partial charge in [-0.1, -0.05) is 41.5 Å². The van der Waals surface area contributed by atoms with Crippen LogP contribution in [0.3, 0.4) is 0 Å². The van der Waals surface area contributed by atoms with Gasteiger partial charge < -0.3 is 104 Å². The molecule has 98 heavy (non-hydrogen) atoms. The van der Waals surface area contributed by atoms with Crippen LogP contribution in [0.4, 0.5) is 0 Å². The predicted molar refractivity (Wildman–Crippen MR) is 343 cm³/mol. The maximum Gasteiger partial charge on any atom is 0.471 e. The fourth-order valence-electron chi connectivity index (χ4n) is 10.8. The van der Waals surface area contributed by atoms with E-state index in [1.54, 1.807) is 0 Å². The highest BCUT2D eigenvalue weighted by atomic mass is 31.2. The van der Waals surface area contributed by atoms with E-state index < -0.39 is 142 Å². The summed E-state index contributed by atoms with van der Waals surface area (Å²) in [6.07, 6.45) is -5.86. The third-order valence-corrected chi connectivity index (χ3v) is 17.7. The molecule has 0 aliphatic carbocycles. The van der Waals surface area contributed by atoms with E-state index in [9.17, 15) is 62.2 Å². The fraction of sp³-hybridized carbons (Fsp3) is 0.823. The molecule has 16 atom stereocenters. The van der Waals surface area contributed by atoms with Gasteiger partial charge in [-0.3, -0.25) is 61.8 Å². The number of phosphoric acid groups is 1. The number of carbonyl (C=O) groups excluding carboxylic acids is 11. The van der Waals surface area contributed by atoms with E-state index in [0.717, 1.165) is 7.11 Å². The number of carbonyl (C=O) groups is 11. The Kier molecular flexibility index (Phi) is 39.5. The van der Waals surface area contributed by atoms with Crippen LogP contribution in [0, 0.1) is 35.5 Å². The molecular formula is C62H107N8O27P. The maximum absolute atomic E-state index is 13.9. The summed E-state index contributed by atoms with van der Waals surface area (Å²) in [6, 6.07) is -1.70. The molecule has 3 aliphatic heterocycles. The number of esters is 3. The van der Waals surface area contributed by atoms with E-state index in [1.165, 1.54) is 41.5 Å². The van der Waals surface area contributed by atoms with Gasteiger partial charge in [0.15, 0.2) is 18.9 Å². The molecular weight excluding hydrogens is 1320 g/mol. The number of rotatable bonds is 45. The van der Waals surface area contributed by atoms with Crippen molar-refractivity contribution in [1.82, 2.24) is 42.5 Å². The summed E-state index contributed by atoms with van der Waals surface area (Å²) in [5.41, 5.74) is -1.68. The number of hydrogen-bond donors (Lipinski definition) is 9. The minimum atomic E-state index is -4.29. The van der Waals surface area contributed by atoms with Gasteiger partial charge in [-0.05, 0) is 41.9 Å². The van der Waals surface area contributed by atoms with Crippen LogP contribution in [0.2, 0.25) is 0 Å². The Hall–Kier alpha value is -6.08. The van der Waals surface area contributed by atoms with Crippen LogP contribution in [0.1, 0.15) is 115 Å². The zero-order chi connectivity index (χ0) is 73.1. The van der Waals surface area contributed by atoms with Crippen molar-refractivity contribution in [2.75, 3.05) is 119 Å². The molecule has 0 aromatic heterocycles. The van der Waals surface area contributed by atoms with Crippen molar-refractivity contribution >= 4 is 73.0 Å². The average Bonchev–Trinajstić information content (AvgIpc) is 0.824. The molecule has 0 spiro atoms. The number of phosphoric ester groups is 1. The van der Waals surface area contributed by atoms with Crippen LogP contribution < -0.4 is 42.5 Å². The van der Waals surface area contributed by atoms with Crippen molar-refractivity contribution in [3.05, 3.63) is 0 Å². The van der Waals surface area contributed by atoms with Crippen molar-refractivity contribution in [1.29, 1.82) is 0 Å². The third kappa shape index (κ3) is 32.9. The summed E-state index contributed by atoms with van der Waals surface area (Å²) in [4.78, 5) is 148. The molecule has 3 rings (SSSR count). The lowest BCUT2D eigenvalue weighted by Crippen LogP contribution is -2.59. The van der Waals surface area contributed by atoms with Crippen LogP contribution in [-0.2, 0) is 123 Å². The molecule has 0 saturated carbocycles. The van der Waals surface area contributed by atoms with Crippen LogP contribution >= 0.6 is 7.82 Å². The topological polar surface area (TPSA) is 451 Å². The summed E-state index contributed by atoms with van der Waals surface area (Å²) in [5, 5.41) is 22.1. The quantitative estimate of drug-likeness (QED) is 0.0120. The summed E-state index contributed by atoms with van der Waals surface area (Å²) in [6.45, 7) is 16.7. The largest absolute Gasteiger partial charge is 0.471 e. The molecule has 0 radical (unpaired) electrons. The number of amides is 8. The average molecular weight is 1430 g/mol. The molecule has 36 heteroatoms. The Bertz CT molecular complexity index is 2380. The van der Waals surface area contributed by atoms with Crippen LogP contribution in [0.15, 0.2) is 0 Å². The van der Waals surface area contributed by atoms with Crippen molar-refractivity contribution in [3.8, 4) is 0 Å². The van der Waals surface area contributed by atoms with E-state index in [4.69, 9.17) is 61.4 Å². The Morgan fingerprint density at radius 2 is 0.745 bits per heavy atom. The van der Waals surface area contributed by atoms with Gasteiger partial charge in [0.2, 0.25) is 47.3 Å². The van der Waals surface area contributed by atoms with Crippen LogP contribution in [0.5, 0.6) is 0 Å². The molecule has 9 N–H and O–H groups in total. The number of nitrogens with one attached hydrogen (secondary N) is 8. The molecule has 3 saturated heterocycles. The predicted octanol–water partition coefficient (Wildman–Crippen LogP) is -0.686. The van der Waals surface area contributed by atoms with Gasteiger partial charge in [-0.25, -0.2) is 4.57 Å². The van der Waals surface area contributed by atoms with Crippen LogP contribution in [0.25, 0.3) is 0 Å². The maximum atomic E-state index is 13.9. The first kappa shape index (κ1) is 86.1. The van der Waals surface area contributed by atoms with Crippen molar-refractivity contribution in [3.63, 3.8) is 0 Å². The standard InChI is InChI=1S/C62H107N8O27P/c1-36-39(4)56(67-42(7)71)59(95-48(36)30-91-45(10)74)88-26-19-64-51(77)15-23-85-33-62(70-55(81)29-54(80)63-18-14-22-94-98(82,83)84-13,34-86-24-16-52(78)65-20-27-89-60-57(68-43(8)72)40(5)37(2)49(96-60)31-92-46(11)75)35-87-25-17-53(79)66-21-28-90-61-58(69-44(9)73)41(6)38(3)50(97-61)32-93-47(12)76/h36-41,48-50,56-61H,14-35H2,1-13H3,(H,63,80)(H,64,77)(H,65,78)(H,66,79)(H,67,71)(H,68,72)(H,69,73)(H,70,81)(H,82,83)/t36-,37-,38-,39+,40+,41+,48?,49?,50?,56?,57?,58?,59-,60-,61-,62?/m1/s1. The second kappa shape index (κ2) is 44.9. The molecule has 3 heterocycles. The Labute approximate surface area is 572 Å². The van der Waals surface area contributed by atoms with Gasteiger partial charge in [0.25, 0.3) is 0 Å². The number of ether oxygens (including phenoxy) is 12. The molecule has 3 fully saturated rings. The van der Waals surface area contributed by atoms with Gasteiger partial charge in [-0.2, -0.15) is 0 Å². The Morgan fingerprint density at radius 3 is 1.04 bits per heavy atom. The van der Waals surface area contributed by atoms with E-state index in [-0.39, 0.29) is 171 Å². The first-order chi connectivity index (χ1) is 46.3. The summed E-state index contributed by atoms with van der Waals surface area (Å²) in [7, 11) is -3.30. The lowest BCUT2D eigenvalue weighted by Gasteiger charge is -2.44. The minimum Gasteiger partial charge on any atom is -0.463 e. The van der Waals surface area contributed by atoms with E-state index in [1.807, 2.05) is 41.5 Å². The van der Waals surface area contributed by atoms with Gasteiger partial charge >= 0.3 is 25.7 Å². The molecule has 562 valence electrons. The summed E-state index contributed by atoms with van der Waals surface area (Å²) in [5.74, 6) is -6.37. The van der Waals surface area contributed by atoms with Crippen molar-refractivity contribution < 1.29 is 128 Å². The lowest BCUT2D eigenvalue weighted by molar-refractivity contribution is -0.243. The SMILES string of the molecule is COP(=O)(O)OCCCNC(=O)CC(=O)NC(COCCC(=O)NCCO[C@@H]1OC(COC(C)=O)[C@H](C)[C@H](C)C1NC(C)=O)(COCCC(=O)NCCO[C@@H]1OC(COC(C)=O)[C@H](C)[C@H](C)C1NC(C)=O)COCCC(=O)NCCO[C@@H]1OC(COC(C)=O)[C@H](C)[C@H](C)C1NC(C)=O. The number of hydrogen-bond acceptors (Lipinski definition) is 26. The van der Waals surface area contributed by atoms with E-state index >= 15 is 0 Å². The van der Waals surface area contributed by atoms with Gasteiger partial charge in [0.1, 0.15) is 31.8 Å². The highest BCUT2D eigenvalue weighted by Gasteiger charge is 2.46. The van der Waals surface area contributed by atoms with Gasteiger partial charge in [-0.15, -0.1) is 0 Å². The Morgan fingerprint density at radius 1 is 0.429 bits per heavy atom. The van der Waals surface area contributed by atoms with Gasteiger partial charge in [0, 0.05) is 94.1 Å². The smallest absolute Gasteiger partial charge is 0.463 e. The monoisotopic (exact) mass is 1430 g/mol. The lowest BCUT2D eigenvalue weighted by atomic mass is 9.82. The minimum absolute atomic E-state index is 0.00446. The molecule has 8 amide bonds. The van der Waals surface area contributed by atoms with Crippen LogP contribution in [-0.4, -0.2) is 250 Å². The second-order valence-corrected chi connectivity index (χ2v) is 26.2. The normalized spacial score (nSPS) is 26.5. The molecule has 0 aromatic rings. The second-order valence-electron chi connectivity index (χ2n) is 24.6. The van der Waals surface area contributed by atoms with Crippen molar-refractivity contribution in [2.45, 2.75) is 176 Å². The molecule has 0 aromatic carbocycles. The highest BCUT2D eigenvalue weighted by molar-refractivity contribution is 7.47. The Balaban J connectivity index is 1.77. The zero-order valence-electron chi connectivity index (χ0n) is 58.7. The summed E-state index contributed by atoms with van der Waals surface area (Å²) < 4.78 is 91.0. The van der Waals surface area contributed by atoms with Gasteiger partial charge in [0.05, 0.1) is 103 Å². The first-order valence-corrected chi connectivity index (χ1v) is 34.4. The third-order valence-electron chi connectivity index (χ3n) is 16.7.